The number of hydrogen-bond acceptors (Lipinski definition) is 2. The molecular weight excluding hydrogens is 394 g/mol. The Bertz CT molecular complexity index is 696. The zero-order valence-electron chi connectivity index (χ0n) is 13.6. The maximum absolute atomic E-state index is 12.1. The van der Waals surface area contributed by atoms with E-state index in [4.69, 9.17) is 0 Å². The van der Waals surface area contributed by atoms with E-state index in [1.54, 1.807) is 12.1 Å². The van der Waals surface area contributed by atoms with Gasteiger partial charge in [-0.1, -0.05) is 46.3 Å². The van der Waals surface area contributed by atoms with E-state index in [0.717, 1.165) is 15.6 Å². The lowest BCUT2D eigenvalue weighted by molar-refractivity contribution is -0.0498. The van der Waals surface area contributed by atoms with Gasteiger partial charge in [-0.15, -0.1) is 0 Å². The van der Waals surface area contributed by atoms with Gasteiger partial charge in [-0.2, -0.15) is 8.78 Å². The van der Waals surface area contributed by atoms with Crippen molar-refractivity contribution in [2.75, 3.05) is 6.54 Å². The molecular formula is C18H19BrF2N2O2. The minimum absolute atomic E-state index is 0.117. The van der Waals surface area contributed by atoms with Crippen LogP contribution in [0.1, 0.15) is 24.1 Å². The normalized spacial score (nSPS) is 11.9. The summed E-state index contributed by atoms with van der Waals surface area (Å²) in [6.07, 6.45) is 0.589. The van der Waals surface area contributed by atoms with Crippen LogP contribution in [0, 0.1) is 0 Å². The second-order valence-corrected chi connectivity index (χ2v) is 6.27. The van der Waals surface area contributed by atoms with E-state index < -0.39 is 6.61 Å². The Kier molecular flexibility index (Phi) is 7.18. The second kappa shape index (κ2) is 9.36. The van der Waals surface area contributed by atoms with Crippen LogP contribution in [0.4, 0.5) is 13.6 Å². The highest BCUT2D eigenvalue weighted by Crippen LogP contribution is 2.22. The first kappa shape index (κ1) is 19.2. The van der Waals surface area contributed by atoms with E-state index in [9.17, 15) is 13.6 Å². The summed E-state index contributed by atoms with van der Waals surface area (Å²) in [6.45, 7) is -0.492. The molecule has 0 aliphatic carbocycles. The maximum atomic E-state index is 12.1. The third-order valence-corrected chi connectivity index (χ3v) is 4.29. The van der Waals surface area contributed by atoms with Crippen LogP contribution < -0.4 is 15.4 Å². The van der Waals surface area contributed by atoms with Crippen LogP contribution in [0.25, 0.3) is 0 Å². The highest BCUT2D eigenvalue weighted by atomic mass is 79.9. The van der Waals surface area contributed by atoms with Crippen LogP contribution in [0.3, 0.4) is 0 Å². The SMILES string of the molecule is CC(NC(=O)NCCc1ccc(OC(F)F)cc1)c1ccccc1Br. The summed E-state index contributed by atoms with van der Waals surface area (Å²) in [4.78, 5) is 12.0. The number of halogens is 3. The lowest BCUT2D eigenvalue weighted by Gasteiger charge is -2.16. The lowest BCUT2D eigenvalue weighted by atomic mass is 10.1. The molecule has 4 nitrogen and oxygen atoms in total. The van der Waals surface area contributed by atoms with E-state index in [2.05, 4.69) is 31.3 Å². The van der Waals surface area contributed by atoms with E-state index in [-0.39, 0.29) is 17.8 Å². The van der Waals surface area contributed by atoms with Crippen LogP contribution in [0.2, 0.25) is 0 Å². The number of ether oxygens (including phenoxy) is 1. The van der Waals surface area contributed by atoms with Crippen molar-refractivity contribution >= 4 is 22.0 Å². The van der Waals surface area contributed by atoms with Crippen molar-refractivity contribution in [3.8, 4) is 5.75 Å². The van der Waals surface area contributed by atoms with Crippen molar-refractivity contribution in [3.63, 3.8) is 0 Å². The van der Waals surface area contributed by atoms with Gasteiger partial charge in [0.15, 0.2) is 0 Å². The van der Waals surface area contributed by atoms with Gasteiger partial charge in [0.2, 0.25) is 0 Å². The number of nitrogens with one attached hydrogen (secondary N) is 2. The van der Waals surface area contributed by atoms with Gasteiger partial charge in [0.25, 0.3) is 0 Å². The smallest absolute Gasteiger partial charge is 0.387 e. The van der Waals surface area contributed by atoms with E-state index in [1.165, 1.54) is 12.1 Å². The first-order valence-corrected chi connectivity index (χ1v) is 8.57. The van der Waals surface area contributed by atoms with Crippen molar-refractivity contribution in [2.24, 2.45) is 0 Å². The quantitative estimate of drug-likeness (QED) is 0.694. The number of benzene rings is 2. The Morgan fingerprint density at radius 3 is 2.48 bits per heavy atom. The molecule has 0 aliphatic heterocycles. The highest BCUT2D eigenvalue weighted by molar-refractivity contribution is 9.10. The molecule has 2 aromatic carbocycles. The molecule has 2 amide bonds. The number of carbonyl (C=O) groups is 1. The summed E-state index contributed by atoms with van der Waals surface area (Å²) in [5.74, 6) is 0.117. The molecule has 0 fully saturated rings. The molecule has 0 spiro atoms. The third-order valence-electron chi connectivity index (χ3n) is 3.57. The number of alkyl halides is 2. The number of hydrogen-bond donors (Lipinski definition) is 2. The predicted octanol–water partition coefficient (Wildman–Crippen LogP) is 4.65. The van der Waals surface area contributed by atoms with Crippen LogP contribution >= 0.6 is 15.9 Å². The average molecular weight is 413 g/mol. The molecule has 0 aliphatic rings. The van der Waals surface area contributed by atoms with Gasteiger partial charge in [0.05, 0.1) is 6.04 Å². The topological polar surface area (TPSA) is 50.4 Å². The fourth-order valence-corrected chi connectivity index (χ4v) is 2.94. The average Bonchev–Trinajstić information content (AvgIpc) is 2.56. The number of urea groups is 1. The van der Waals surface area contributed by atoms with E-state index in [1.807, 2.05) is 31.2 Å². The molecule has 134 valence electrons. The number of amides is 2. The monoisotopic (exact) mass is 412 g/mol. The molecule has 25 heavy (non-hydrogen) atoms. The Balaban J connectivity index is 1.76. The van der Waals surface area contributed by atoms with Gasteiger partial charge in [0.1, 0.15) is 5.75 Å². The van der Waals surface area contributed by atoms with Crippen molar-refractivity contribution in [2.45, 2.75) is 26.0 Å². The molecule has 2 rings (SSSR count). The molecule has 0 bridgehead atoms. The summed E-state index contributed by atoms with van der Waals surface area (Å²) in [6, 6.07) is 13.7. The molecule has 0 radical (unpaired) electrons. The highest BCUT2D eigenvalue weighted by Gasteiger charge is 2.11. The van der Waals surface area contributed by atoms with Crippen molar-refractivity contribution in [3.05, 3.63) is 64.1 Å². The van der Waals surface area contributed by atoms with Gasteiger partial charge in [-0.3, -0.25) is 0 Å². The zero-order chi connectivity index (χ0) is 18.2. The Morgan fingerprint density at radius 1 is 1.16 bits per heavy atom. The summed E-state index contributed by atoms with van der Waals surface area (Å²) in [5, 5.41) is 5.65. The van der Waals surface area contributed by atoms with Gasteiger partial charge in [0, 0.05) is 11.0 Å². The minimum Gasteiger partial charge on any atom is -0.435 e. The summed E-state index contributed by atoms with van der Waals surface area (Å²) >= 11 is 3.46. The molecule has 1 atom stereocenters. The molecule has 0 aromatic heterocycles. The second-order valence-electron chi connectivity index (χ2n) is 5.42. The van der Waals surface area contributed by atoms with Gasteiger partial charge in [-0.25, -0.2) is 4.79 Å². The summed E-state index contributed by atoms with van der Waals surface area (Å²) in [5.41, 5.74) is 1.91. The largest absolute Gasteiger partial charge is 0.435 e. The van der Waals surface area contributed by atoms with Crippen molar-refractivity contribution < 1.29 is 18.3 Å². The minimum atomic E-state index is -2.83. The van der Waals surface area contributed by atoms with Gasteiger partial charge >= 0.3 is 12.6 Å². The standard InChI is InChI=1S/C18H19BrF2N2O2/c1-12(15-4-2-3-5-16(15)19)23-18(24)22-11-10-13-6-8-14(9-7-13)25-17(20)21/h2-9,12,17H,10-11H2,1H3,(H2,22,23,24). The fourth-order valence-electron chi connectivity index (χ4n) is 2.31. The Labute approximate surface area is 153 Å². The molecule has 1 unspecified atom stereocenters. The Hall–Kier alpha value is -2.15. The van der Waals surface area contributed by atoms with E-state index in [0.29, 0.717) is 13.0 Å². The summed E-state index contributed by atoms with van der Waals surface area (Å²) in [7, 11) is 0. The number of rotatable bonds is 7. The van der Waals surface area contributed by atoms with Gasteiger partial charge in [-0.05, 0) is 42.7 Å². The Morgan fingerprint density at radius 2 is 1.84 bits per heavy atom. The zero-order valence-corrected chi connectivity index (χ0v) is 15.2. The van der Waals surface area contributed by atoms with Crippen LogP contribution in [0.5, 0.6) is 5.75 Å². The van der Waals surface area contributed by atoms with Crippen molar-refractivity contribution in [1.82, 2.24) is 10.6 Å². The van der Waals surface area contributed by atoms with Crippen LogP contribution in [0.15, 0.2) is 53.0 Å². The van der Waals surface area contributed by atoms with Crippen LogP contribution in [-0.2, 0) is 6.42 Å². The molecule has 2 aromatic rings. The maximum Gasteiger partial charge on any atom is 0.387 e. The van der Waals surface area contributed by atoms with Crippen LogP contribution in [-0.4, -0.2) is 19.2 Å². The lowest BCUT2D eigenvalue weighted by Crippen LogP contribution is -2.38. The molecule has 7 heteroatoms. The first-order chi connectivity index (χ1) is 12.0. The third kappa shape index (κ3) is 6.34. The molecule has 2 N–H and O–H groups in total. The predicted molar refractivity (Wildman–Crippen MR) is 95.9 cm³/mol. The van der Waals surface area contributed by atoms with Crippen molar-refractivity contribution in [1.29, 1.82) is 0 Å². The number of carbonyl (C=O) groups excluding carboxylic acids is 1. The van der Waals surface area contributed by atoms with E-state index >= 15 is 0 Å². The molecule has 0 saturated carbocycles. The summed E-state index contributed by atoms with van der Waals surface area (Å²) < 4.78 is 29.4. The molecule has 0 heterocycles. The fraction of sp³-hybridized carbons (Fsp3) is 0.278. The van der Waals surface area contributed by atoms with Gasteiger partial charge < -0.3 is 15.4 Å². The first-order valence-electron chi connectivity index (χ1n) is 7.78. The molecule has 0 saturated heterocycles.